The van der Waals surface area contributed by atoms with Crippen LogP contribution in [0.2, 0.25) is 8.67 Å². The van der Waals surface area contributed by atoms with E-state index in [2.05, 4.69) is 5.32 Å². The Labute approximate surface area is 124 Å². The number of hydrogen-bond acceptors (Lipinski definition) is 2. The first kappa shape index (κ1) is 14.7. The van der Waals surface area contributed by atoms with Gasteiger partial charge in [0.05, 0.1) is 8.67 Å². The average Bonchev–Trinajstić information content (AvgIpc) is 2.70. The minimum absolute atomic E-state index is 0.215. The Morgan fingerprint density at radius 3 is 2.63 bits per heavy atom. The van der Waals surface area contributed by atoms with Crippen LogP contribution in [0.25, 0.3) is 0 Å². The van der Waals surface area contributed by atoms with Gasteiger partial charge >= 0.3 is 0 Å². The number of hydrogen-bond donors (Lipinski definition) is 1. The summed E-state index contributed by atoms with van der Waals surface area (Å²) in [6, 6.07) is 5.68. The SMILES string of the molecule is CNC(Cc1cccc(F)c1F)c1cc(Cl)sc1Cl. The lowest BCUT2D eigenvalue weighted by Gasteiger charge is -2.16. The van der Waals surface area contributed by atoms with Crippen LogP contribution >= 0.6 is 34.5 Å². The van der Waals surface area contributed by atoms with Crippen molar-refractivity contribution in [2.75, 3.05) is 7.05 Å². The molecule has 0 aliphatic carbocycles. The van der Waals surface area contributed by atoms with Crippen LogP contribution in [-0.4, -0.2) is 7.05 Å². The van der Waals surface area contributed by atoms with Gasteiger partial charge in [0.1, 0.15) is 0 Å². The van der Waals surface area contributed by atoms with Crippen molar-refractivity contribution < 1.29 is 8.78 Å². The number of thiophene rings is 1. The van der Waals surface area contributed by atoms with Crippen LogP contribution < -0.4 is 5.32 Å². The predicted molar refractivity (Wildman–Crippen MR) is 76.2 cm³/mol. The van der Waals surface area contributed by atoms with Crippen molar-refractivity contribution >= 4 is 34.5 Å². The molecule has 0 radical (unpaired) electrons. The number of benzene rings is 1. The summed E-state index contributed by atoms with van der Waals surface area (Å²) in [5, 5.41) is 3.04. The molecule has 1 atom stereocenters. The Morgan fingerprint density at radius 1 is 1.32 bits per heavy atom. The molecule has 2 aromatic rings. The van der Waals surface area contributed by atoms with Gasteiger partial charge in [-0.3, -0.25) is 0 Å². The molecule has 1 unspecified atom stereocenters. The molecule has 0 bridgehead atoms. The Kier molecular flexibility index (Phi) is 4.79. The predicted octanol–water partition coefficient (Wildman–Crippen LogP) is 4.84. The molecular formula is C13H11Cl2F2NS. The molecule has 1 nitrogen and oxygen atoms in total. The first-order valence-corrected chi connectivity index (χ1v) is 7.15. The first-order valence-electron chi connectivity index (χ1n) is 5.57. The van der Waals surface area contributed by atoms with Gasteiger partial charge < -0.3 is 5.32 Å². The van der Waals surface area contributed by atoms with Gasteiger partial charge in [-0.2, -0.15) is 0 Å². The van der Waals surface area contributed by atoms with Gasteiger partial charge in [-0.15, -0.1) is 11.3 Å². The number of likely N-dealkylation sites (N-methyl/N-ethyl adjacent to an activating group) is 1. The Morgan fingerprint density at radius 2 is 2.05 bits per heavy atom. The van der Waals surface area contributed by atoms with Gasteiger partial charge in [0.25, 0.3) is 0 Å². The summed E-state index contributed by atoms with van der Waals surface area (Å²) in [6.45, 7) is 0. The van der Waals surface area contributed by atoms with Crippen molar-refractivity contribution in [3.63, 3.8) is 0 Å². The van der Waals surface area contributed by atoms with Crippen molar-refractivity contribution in [3.8, 4) is 0 Å². The molecule has 0 fully saturated rings. The standard InChI is InChI=1S/C13H11Cl2F2NS/c1-18-10(8-6-11(14)19-13(8)15)5-7-3-2-4-9(16)12(7)17/h2-4,6,10,18H,5H2,1H3. The number of nitrogens with one attached hydrogen (secondary N) is 1. The van der Waals surface area contributed by atoms with Crippen LogP contribution in [0, 0.1) is 11.6 Å². The molecule has 0 aliphatic heterocycles. The maximum Gasteiger partial charge on any atom is 0.162 e. The van der Waals surface area contributed by atoms with Crippen molar-refractivity contribution in [1.82, 2.24) is 5.32 Å². The van der Waals surface area contributed by atoms with Crippen LogP contribution in [0.15, 0.2) is 24.3 Å². The van der Waals surface area contributed by atoms with Gasteiger partial charge in [0, 0.05) is 11.6 Å². The van der Waals surface area contributed by atoms with Crippen molar-refractivity contribution in [1.29, 1.82) is 0 Å². The highest BCUT2D eigenvalue weighted by Crippen LogP contribution is 2.36. The maximum atomic E-state index is 13.7. The molecule has 1 heterocycles. The van der Waals surface area contributed by atoms with E-state index in [-0.39, 0.29) is 6.04 Å². The van der Waals surface area contributed by atoms with Gasteiger partial charge in [-0.25, -0.2) is 8.78 Å². The van der Waals surface area contributed by atoms with Crippen molar-refractivity contribution in [2.45, 2.75) is 12.5 Å². The summed E-state index contributed by atoms with van der Waals surface area (Å²) in [6.07, 6.45) is 0.298. The third kappa shape index (κ3) is 3.26. The summed E-state index contributed by atoms with van der Waals surface area (Å²) in [5.41, 5.74) is 1.10. The van der Waals surface area contributed by atoms with Crippen molar-refractivity contribution in [3.05, 3.63) is 55.7 Å². The van der Waals surface area contributed by atoms with E-state index in [0.29, 0.717) is 20.7 Å². The van der Waals surface area contributed by atoms with E-state index in [9.17, 15) is 8.78 Å². The Bertz CT molecular complexity index is 586. The highest BCUT2D eigenvalue weighted by Gasteiger charge is 2.19. The molecular weight excluding hydrogens is 311 g/mol. The fourth-order valence-electron chi connectivity index (χ4n) is 1.88. The third-order valence-corrected chi connectivity index (χ3v) is 4.38. The first-order chi connectivity index (χ1) is 9.02. The van der Waals surface area contributed by atoms with E-state index in [1.165, 1.54) is 17.4 Å². The summed E-state index contributed by atoms with van der Waals surface area (Å²) < 4.78 is 28.0. The number of halogens is 4. The molecule has 0 aliphatic rings. The lowest BCUT2D eigenvalue weighted by Crippen LogP contribution is -2.19. The zero-order valence-corrected chi connectivity index (χ0v) is 12.3. The zero-order chi connectivity index (χ0) is 14.0. The van der Waals surface area contributed by atoms with E-state index < -0.39 is 11.6 Å². The van der Waals surface area contributed by atoms with E-state index in [1.54, 1.807) is 19.2 Å². The van der Waals surface area contributed by atoms with Crippen LogP contribution in [0.1, 0.15) is 17.2 Å². The molecule has 1 N–H and O–H groups in total. The van der Waals surface area contributed by atoms with Crippen molar-refractivity contribution in [2.24, 2.45) is 0 Å². The molecule has 1 aromatic heterocycles. The van der Waals surface area contributed by atoms with Gasteiger partial charge in [-0.1, -0.05) is 35.3 Å². The average molecular weight is 322 g/mol. The molecule has 0 amide bonds. The monoisotopic (exact) mass is 321 g/mol. The summed E-state index contributed by atoms with van der Waals surface area (Å²) in [5.74, 6) is -1.66. The van der Waals surface area contributed by atoms with E-state index >= 15 is 0 Å². The third-order valence-electron chi connectivity index (χ3n) is 2.86. The summed E-state index contributed by atoms with van der Waals surface area (Å²) in [7, 11) is 1.74. The highest BCUT2D eigenvalue weighted by atomic mass is 35.5. The largest absolute Gasteiger partial charge is 0.313 e. The molecule has 0 spiro atoms. The van der Waals surface area contributed by atoms with E-state index in [0.717, 1.165) is 11.6 Å². The molecule has 102 valence electrons. The lowest BCUT2D eigenvalue weighted by molar-refractivity contribution is 0.487. The van der Waals surface area contributed by atoms with Gasteiger partial charge in [0.15, 0.2) is 11.6 Å². The smallest absolute Gasteiger partial charge is 0.162 e. The second-order valence-electron chi connectivity index (χ2n) is 4.04. The Balaban J connectivity index is 2.29. The fourth-order valence-corrected chi connectivity index (χ4v) is 3.46. The minimum Gasteiger partial charge on any atom is -0.313 e. The minimum atomic E-state index is -0.846. The van der Waals surface area contributed by atoms with Gasteiger partial charge in [-0.05, 0) is 31.2 Å². The molecule has 0 saturated carbocycles. The van der Waals surface area contributed by atoms with Gasteiger partial charge in [0.2, 0.25) is 0 Å². The van der Waals surface area contributed by atoms with Crippen LogP contribution in [-0.2, 0) is 6.42 Å². The topological polar surface area (TPSA) is 12.0 Å². The molecule has 0 saturated heterocycles. The quantitative estimate of drug-likeness (QED) is 0.849. The lowest BCUT2D eigenvalue weighted by atomic mass is 10.0. The van der Waals surface area contributed by atoms with E-state index in [4.69, 9.17) is 23.2 Å². The highest BCUT2D eigenvalue weighted by molar-refractivity contribution is 7.20. The maximum absolute atomic E-state index is 13.7. The Hall–Kier alpha value is -0.680. The fraction of sp³-hybridized carbons (Fsp3) is 0.231. The van der Waals surface area contributed by atoms with Crippen LogP contribution in [0.4, 0.5) is 8.78 Å². The second-order valence-corrected chi connectivity index (χ2v) is 6.32. The van der Waals surface area contributed by atoms with Crippen LogP contribution in [0.5, 0.6) is 0 Å². The molecule has 2 rings (SSSR count). The normalized spacial score (nSPS) is 12.7. The summed E-state index contributed by atoms with van der Waals surface area (Å²) >= 11 is 13.2. The molecule has 19 heavy (non-hydrogen) atoms. The number of rotatable bonds is 4. The van der Waals surface area contributed by atoms with E-state index in [1.807, 2.05) is 0 Å². The molecule has 1 aromatic carbocycles. The van der Waals surface area contributed by atoms with Crippen LogP contribution in [0.3, 0.4) is 0 Å². The molecule has 6 heteroatoms. The zero-order valence-electron chi connectivity index (χ0n) is 10.0. The summed E-state index contributed by atoms with van der Waals surface area (Å²) in [4.78, 5) is 0. The second kappa shape index (κ2) is 6.18.